The van der Waals surface area contributed by atoms with E-state index in [1.807, 2.05) is 0 Å². The van der Waals surface area contributed by atoms with Gasteiger partial charge in [-0.3, -0.25) is 4.79 Å². The topological polar surface area (TPSA) is 94.6 Å². The van der Waals surface area contributed by atoms with Crippen molar-refractivity contribution in [3.05, 3.63) is 65.9 Å². The van der Waals surface area contributed by atoms with E-state index in [1.54, 1.807) is 30.3 Å². The van der Waals surface area contributed by atoms with Crippen LogP contribution in [-0.4, -0.2) is 43.2 Å². The smallest absolute Gasteiger partial charge is 0.290 e. The van der Waals surface area contributed by atoms with Gasteiger partial charge in [0.25, 0.3) is 15.9 Å². The quantitative estimate of drug-likeness (QED) is 0.650. The molecule has 1 aromatic heterocycles. The van der Waals surface area contributed by atoms with Gasteiger partial charge in [-0.2, -0.15) is 9.57 Å². The number of carbonyl (C=O) groups excluding carboxylic acids is 1. The highest BCUT2D eigenvalue weighted by atomic mass is 32.2. The molecule has 3 rings (SSSR count). The molecule has 152 valence electrons. The molecule has 8 heteroatoms. The maximum absolute atomic E-state index is 12.9. The van der Waals surface area contributed by atoms with E-state index in [9.17, 15) is 13.2 Å². The highest BCUT2D eigenvalue weighted by molar-refractivity contribution is 7.89. The normalized spacial score (nSPS) is 14.9. The Morgan fingerprint density at radius 1 is 1.17 bits per heavy atom. The van der Waals surface area contributed by atoms with E-state index in [0.717, 1.165) is 24.8 Å². The van der Waals surface area contributed by atoms with E-state index >= 15 is 0 Å². The summed E-state index contributed by atoms with van der Waals surface area (Å²) in [6.45, 7) is 5.17. The average molecular weight is 413 g/mol. The van der Waals surface area contributed by atoms with E-state index < -0.39 is 15.9 Å². The van der Waals surface area contributed by atoms with Crippen LogP contribution in [0.4, 0.5) is 0 Å². The third kappa shape index (κ3) is 4.75. The Hall–Kier alpha value is -2.89. The molecule has 1 fully saturated rings. The van der Waals surface area contributed by atoms with Crippen LogP contribution < -0.4 is 0 Å². The number of sulfonamides is 1. The Labute approximate surface area is 170 Å². The third-order valence-corrected chi connectivity index (χ3v) is 6.57. The van der Waals surface area contributed by atoms with E-state index in [0.29, 0.717) is 18.7 Å². The van der Waals surface area contributed by atoms with Crippen molar-refractivity contribution in [1.82, 2.24) is 9.21 Å². The van der Waals surface area contributed by atoms with Crippen LogP contribution in [0.25, 0.3) is 0 Å². The van der Waals surface area contributed by atoms with Crippen molar-refractivity contribution in [2.45, 2.75) is 30.9 Å². The van der Waals surface area contributed by atoms with Crippen molar-refractivity contribution in [1.29, 1.82) is 5.26 Å². The molecule has 29 heavy (non-hydrogen) atoms. The first-order valence-corrected chi connectivity index (χ1v) is 10.9. The van der Waals surface area contributed by atoms with Crippen molar-refractivity contribution >= 4 is 15.9 Å². The van der Waals surface area contributed by atoms with Gasteiger partial charge >= 0.3 is 0 Å². The first-order valence-electron chi connectivity index (χ1n) is 9.45. The number of hydrogen-bond acceptors (Lipinski definition) is 5. The molecule has 0 bridgehead atoms. The van der Waals surface area contributed by atoms with Gasteiger partial charge in [0, 0.05) is 26.2 Å². The molecule has 2 aromatic rings. The highest BCUT2D eigenvalue weighted by Crippen LogP contribution is 2.23. The van der Waals surface area contributed by atoms with Crippen LogP contribution in [0.5, 0.6) is 0 Å². The van der Waals surface area contributed by atoms with E-state index in [-0.39, 0.29) is 23.9 Å². The van der Waals surface area contributed by atoms with Gasteiger partial charge in [-0.25, -0.2) is 8.42 Å². The minimum Gasteiger partial charge on any atom is -0.438 e. The number of hydrogen-bond donors (Lipinski definition) is 0. The number of carbonyl (C=O) groups is 1. The van der Waals surface area contributed by atoms with Gasteiger partial charge in [-0.1, -0.05) is 24.6 Å². The monoisotopic (exact) mass is 413 g/mol. The number of nitriles is 1. The second kappa shape index (κ2) is 9.07. The molecular formula is C21H23N3O4S. The van der Waals surface area contributed by atoms with Gasteiger partial charge in [0.15, 0.2) is 5.76 Å². The Bertz CT molecular complexity index is 1010. The Morgan fingerprint density at radius 2 is 1.86 bits per heavy atom. The van der Waals surface area contributed by atoms with Gasteiger partial charge in [-0.05, 0) is 42.7 Å². The van der Waals surface area contributed by atoms with Crippen LogP contribution in [0.3, 0.4) is 0 Å². The highest BCUT2D eigenvalue weighted by Gasteiger charge is 2.30. The number of amides is 1. The van der Waals surface area contributed by atoms with Crippen LogP contribution in [0.15, 0.2) is 58.6 Å². The number of nitrogens with zero attached hydrogens (tertiary/aromatic N) is 3. The molecule has 1 aromatic carbocycles. The number of piperidine rings is 1. The molecule has 0 saturated carbocycles. The molecule has 0 unspecified atom stereocenters. The zero-order valence-electron chi connectivity index (χ0n) is 16.1. The lowest BCUT2D eigenvalue weighted by molar-refractivity contribution is 0.0724. The number of furan rings is 1. The Balaban J connectivity index is 1.78. The van der Waals surface area contributed by atoms with Crippen LogP contribution in [0.2, 0.25) is 0 Å². The van der Waals surface area contributed by atoms with E-state index in [1.165, 1.54) is 21.3 Å². The van der Waals surface area contributed by atoms with Gasteiger partial charge in [0.05, 0.1) is 11.6 Å². The molecule has 1 amide bonds. The van der Waals surface area contributed by atoms with Gasteiger partial charge in [0.2, 0.25) is 5.09 Å². The minimum atomic E-state index is -3.73. The summed E-state index contributed by atoms with van der Waals surface area (Å²) < 4.78 is 32.3. The maximum atomic E-state index is 12.9. The summed E-state index contributed by atoms with van der Waals surface area (Å²) in [7, 11) is -3.73. The summed E-state index contributed by atoms with van der Waals surface area (Å²) in [4.78, 5) is 14.4. The average Bonchev–Trinajstić information content (AvgIpc) is 3.25. The van der Waals surface area contributed by atoms with Gasteiger partial charge in [-0.15, -0.1) is 6.58 Å². The zero-order valence-corrected chi connectivity index (χ0v) is 16.9. The predicted octanol–water partition coefficient (Wildman–Crippen LogP) is 3.15. The fraction of sp³-hybridized carbons (Fsp3) is 0.333. The molecule has 2 heterocycles. The predicted molar refractivity (Wildman–Crippen MR) is 107 cm³/mol. The van der Waals surface area contributed by atoms with Crippen LogP contribution >= 0.6 is 0 Å². The summed E-state index contributed by atoms with van der Waals surface area (Å²) in [5.74, 6) is -0.453. The molecule has 0 aliphatic carbocycles. The SMILES string of the molecule is C=CCN(Cc1ccc(C#N)cc1)C(=O)c1ccc(S(=O)(=O)N2CCCCC2)o1. The Kier molecular flexibility index (Phi) is 6.52. The number of benzene rings is 1. The fourth-order valence-electron chi connectivity index (χ4n) is 3.24. The van der Waals surface area contributed by atoms with Gasteiger partial charge in [0.1, 0.15) is 0 Å². The minimum absolute atomic E-state index is 0.0314. The number of rotatable bonds is 7. The van der Waals surface area contributed by atoms with Gasteiger partial charge < -0.3 is 9.32 Å². The second-order valence-corrected chi connectivity index (χ2v) is 8.74. The first-order chi connectivity index (χ1) is 14.0. The summed E-state index contributed by atoms with van der Waals surface area (Å²) in [5, 5.41) is 8.69. The van der Waals surface area contributed by atoms with E-state index in [4.69, 9.17) is 9.68 Å². The van der Waals surface area contributed by atoms with Crippen LogP contribution in [-0.2, 0) is 16.6 Å². The van der Waals surface area contributed by atoms with Crippen molar-refractivity contribution in [2.24, 2.45) is 0 Å². The molecule has 0 spiro atoms. The van der Waals surface area contributed by atoms with Crippen molar-refractivity contribution in [2.75, 3.05) is 19.6 Å². The third-order valence-electron chi connectivity index (χ3n) is 4.79. The lowest BCUT2D eigenvalue weighted by atomic mass is 10.1. The zero-order chi connectivity index (χ0) is 20.9. The van der Waals surface area contributed by atoms with Crippen molar-refractivity contribution in [3.8, 4) is 6.07 Å². The molecule has 7 nitrogen and oxygen atoms in total. The summed E-state index contributed by atoms with van der Waals surface area (Å²) in [6.07, 6.45) is 4.25. The Morgan fingerprint density at radius 3 is 2.48 bits per heavy atom. The molecule has 1 aliphatic heterocycles. The molecule has 0 atom stereocenters. The van der Waals surface area contributed by atoms with Crippen molar-refractivity contribution < 1.29 is 17.6 Å². The van der Waals surface area contributed by atoms with Crippen LogP contribution in [0, 0.1) is 11.3 Å². The summed E-state index contributed by atoms with van der Waals surface area (Å²) in [6, 6.07) is 11.7. The maximum Gasteiger partial charge on any atom is 0.290 e. The molecular weight excluding hydrogens is 390 g/mol. The standard InChI is InChI=1S/C21H23N3O4S/c1-2-12-23(16-18-8-6-17(15-22)7-9-18)21(25)19-10-11-20(28-19)29(26,27)24-13-4-3-5-14-24/h2,6-11H,1,3-5,12-14,16H2. The molecule has 1 saturated heterocycles. The van der Waals surface area contributed by atoms with E-state index in [2.05, 4.69) is 12.6 Å². The largest absolute Gasteiger partial charge is 0.438 e. The lowest BCUT2D eigenvalue weighted by Crippen LogP contribution is -2.35. The lowest BCUT2D eigenvalue weighted by Gasteiger charge is -2.24. The first kappa shape index (κ1) is 20.8. The van der Waals surface area contributed by atoms with Crippen molar-refractivity contribution in [3.63, 3.8) is 0 Å². The second-order valence-electron chi connectivity index (χ2n) is 6.87. The molecule has 1 aliphatic rings. The van der Waals surface area contributed by atoms with Crippen LogP contribution in [0.1, 0.15) is 40.9 Å². The molecule has 0 N–H and O–H groups in total. The molecule has 0 radical (unpaired) electrons. The summed E-state index contributed by atoms with van der Waals surface area (Å²) >= 11 is 0. The summed E-state index contributed by atoms with van der Waals surface area (Å²) in [5.41, 5.74) is 1.38. The fourth-order valence-corrected chi connectivity index (χ4v) is 4.67.